The van der Waals surface area contributed by atoms with Gasteiger partial charge in [0, 0.05) is 6.54 Å². The molecule has 1 N–H and O–H groups in total. The van der Waals surface area contributed by atoms with E-state index in [0.717, 1.165) is 55.8 Å². The quantitative estimate of drug-likeness (QED) is 0.762. The van der Waals surface area contributed by atoms with Gasteiger partial charge >= 0.3 is 0 Å². The summed E-state index contributed by atoms with van der Waals surface area (Å²) >= 11 is 0. The molecule has 2 aromatic carbocycles. The van der Waals surface area contributed by atoms with E-state index in [2.05, 4.69) is 40.5 Å². The molecule has 5 nitrogen and oxygen atoms in total. The third-order valence-electron chi connectivity index (χ3n) is 6.26. The van der Waals surface area contributed by atoms with Crippen molar-refractivity contribution in [3.05, 3.63) is 59.7 Å². The molecule has 1 fully saturated rings. The number of nitrogens with zero attached hydrogens (tertiary/aromatic N) is 1. The number of ether oxygens (including phenoxy) is 2. The van der Waals surface area contributed by atoms with Gasteiger partial charge in [-0.05, 0) is 74.9 Å². The van der Waals surface area contributed by atoms with Crippen molar-refractivity contribution in [2.75, 3.05) is 32.8 Å². The molecular formula is C25H32N2O3. The van der Waals surface area contributed by atoms with Gasteiger partial charge in [0.2, 0.25) is 5.91 Å². The molecule has 1 saturated heterocycles. The number of likely N-dealkylation sites (tertiary alicyclic amines) is 1. The highest BCUT2D eigenvalue weighted by molar-refractivity contribution is 5.81. The van der Waals surface area contributed by atoms with Crippen molar-refractivity contribution < 1.29 is 14.3 Å². The number of hydrogen-bond donors (Lipinski definition) is 1. The van der Waals surface area contributed by atoms with Crippen molar-refractivity contribution in [2.45, 2.75) is 38.6 Å². The largest absolute Gasteiger partial charge is 0.486 e. The number of benzene rings is 2. The van der Waals surface area contributed by atoms with E-state index in [1.165, 1.54) is 5.56 Å². The fraction of sp³-hybridized carbons (Fsp3) is 0.480. The second kappa shape index (κ2) is 9.98. The van der Waals surface area contributed by atoms with E-state index in [9.17, 15) is 4.79 Å². The Kier molecular flexibility index (Phi) is 6.90. The zero-order valence-electron chi connectivity index (χ0n) is 17.8. The van der Waals surface area contributed by atoms with Gasteiger partial charge in [-0.3, -0.25) is 9.69 Å². The number of carbonyl (C=O) groups excluding carboxylic acids is 1. The summed E-state index contributed by atoms with van der Waals surface area (Å²) in [5.74, 6) is 2.44. The maximum absolute atomic E-state index is 12.6. The third kappa shape index (κ3) is 5.33. The summed E-state index contributed by atoms with van der Waals surface area (Å²) in [6, 6.07) is 16.6. The van der Waals surface area contributed by atoms with Gasteiger partial charge in [-0.15, -0.1) is 0 Å². The lowest BCUT2D eigenvalue weighted by atomic mass is 9.89. The molecule has 0 saturated carbocycles. The molecule has 2 aliphatic heterocycles. The minimum absolute atomic E-state index is 0.0806. The lowest BCUT2D eigenvalue weighted by Gasteiger charge is -2.35. The zero-order chi connectivity index (χ0) is 20.8. The molecule has 0 spiro atoms. The summed E-state index contributed by atoms with van der Waals surface area (Å²) in [7, 11) is 0. The second-order valence-electron chi connectivity index (χ2n) is 8.36. The lowest BCUT2D eigenvalue weighted by molar-refractivity contribution is -0.126. The molecule has 2 heterocycles. The Morgan fingerprint density at radius 3 is 2.53 bits per heavy atom. The number of hydrogen-bond acceptors (Lipinski definition) is 4. The van der Waals surface area contributed by atoms with Gasteiger partial charge in [0.25, 0.3) is 0 Å². The predicted octanol–water partition coefficient (Wildman–Crippen LogP) is 3.46. The topological polar surface area (TPSA) is 50.8 Å². The first kappa shape index (κ1) is 20.7. The van der Waals surface area contributed by atoms with Crippen LogP contribution >= 0.6 is 0 Å². The van der Waals surface area contributed by atoms with E-state index in [1.807, 2.05) is 25.1 Å². The smallest absolute Gasteiger partial charge is 0.237 e. The predicted molar refractivity (Wildman–Crippen MR) is 118 cm³/mol. The Balaban J connectivity index is 1.19. The van der Waals surface area contributed by atoms with Crippen LogP contribution in [0.15, 0.2) is 48.5 Å². The maximum atomic E-state index is 12.6. The normalized spacial score (nSPS) is 18.0. The fourth-order valence-electron chi connectivity index (χ4n) is 4.38. The molecular weight excluding hydrogens is 376 g/mol. The molecule has 0 aromatic heterocycles. The van der Waals surface area contributed by atoms with E-state index < -0.39 is 0 Å². The van der Waals surface area contributed by atoms with E-state index in [4.69, 9.17) is 9.47 Å². The molecule has 160 valence electrons. The number of carbonyl (C=O) groups is 1. The van der Waals surface area contributed by atoms with E-state index in [1.54, 1.807) is 0 Å². The van der Waals surface area contributed by atoms with Gasteiger partial charge in [0.15, 0.2) is 11.5 Å². The van der Waals surface area contributed by atoms with Crippen LogP contribution in [0, 0.1) is 5.92 Å². The average molecular weight is 409 g/mol. The van der Waals surface area contributed by atoms with Crippen molar-refractivity contribution in [3.8, 4) is 11.5 Å². The van der Waals surface area contributed by atoms with Crippen LogP contribution in [0.3, 0.4) is 0 Å². The molecule has 5 heteroatoms. The fourth-order valence-corrected chi connectivity index (χ4v) is 4.38. The number of rotatable bonds is 7. The summed E-state index contributed by atoms with van der Waals surface area (Å²) < 4.78 is 11.2. The van der Waals surface area contributed by atoms with Crippen LogP contribution in [0.4, 0.5) is 0 Å². The first-order valence-electron chi connectivity index (χ1n) is 11.1. The Bertz CT molecular complexity index is 832. The Morgan fingerprint density at radius 1 is 1.03 bits per heavy atom. The lowest BCUT2D eigenvalue weighted by Crippen LogP contribution is -2.48. The minimum Gasteiger partial charge on any atom is -0.486 e. The van der Waals surface area contributed by atoms with Crippen LogP contribution in [-0.2, 0) is 17.6 Å². The zero-order valence-corrected chi connectivity index (χ0v) is 17.8. The summed E-state index contributed by atoms with van der Waals surface area (Å²) in [5.41, 5.74) is 2.56. The first-order valence-corrected chi connectivity index (χ1v) is 11.1. The van der Waals surface area contributed by atoms with Gasteiger partial charge in [-0.1, -0.05) is 36.4 Å². The van der Waals surface area contributed by atoms with Gasteiger partial charge in [-0.25, -0.2) is 0 Å². The Morgan fingerprint density at radius 2 is 1.77 bits per heavy atom. The average Bonchev–Trinajstić information content (AvgIpc) is 2.79. The van der Waals surface area contributed by atoms with E-state index in [0.29, 0.717) is 25.7 Å². The number of piperidine rings is 1. The highest BCUT2D eigenvalue weighted by Gasteiger charge is 2.26. The van der Waals surface area contributed by atoms with Crippen LogP contribution in [0.5, 0.6) is 11.5 Å². The molecule has 2 aromatic rings. The molecule has 0 bridgehead atoms. The summed E-state index contributed by atoms with van der Waals surface area (Å²) in [6.07, 6.45) is 4.24. The molecule has 0 aliphatic carbocycles. The van der Waals surface area contributed by atoms with Crippen molar-refractivity contribution in [3.63, 3.8) is 0 Å². The standard InChI is InChI=1S/C25H32N2O3/c1-19(27-13-10-22(11-14-27)17-20-5-3-2-4-6-20)25(28)26-12-9-21-7-8-23-24(18-21)30-16-15-29-23/h2-8,18-19,22H,9-17H2,1H3,(H,26,28). The van der Waals surface area contributed by atoms with Gasteiger partial charge < -0.3 is 14.8 Å². The molecule has 0 radical (unpaired) electrons. The van der Waals surface area contributed by atoms with Gasteiger partial charge in [-0.2, -0.15) is 0 Å². The van der Waals surface area contributed by atoms with E-state index in [-0.39, 0.29) is 11.9 Å². The summed E-state index contributed by atoms with van der Waals surface area (Å²) in [4.78, 5) is 15.0. The molecule has 1 unspecified atom stereocenters. The van der Waals surface area contributed by atoms with Gasteiger partial charge in [0.05, 0.1) is 6.04 Å². The highest BCUT2D eigenvalue weighted by Crippen LogP contribution is 2.30. The van der Waals surface area contributed by atoms with Crippen LogP contribution in [0.2, 0.25) is 0 Å². The number of nitrogens with one attached hydrogen (secondary N) is 1. The first-order chi connectivity index (χ1) is 14.7. The molecule has 2 aliphatic rings. The Hall–Kier alpha value is -2.53. The second-order valence-corrected chi connectivity index (χ2v) is 8.36. The third-order valence-corrected chi connectivity index (χ3v) is 6.26. The van der Waals surface area contributed by atoms with Crippen molar-refractivity contribution in [1.29, 1.82) is 0 Å². The van der Waals surface area contributed by atoms with Crippen LogP contribution in [-0.4, -0.2) is 49.7 Å². The van der Waals surface area contributed by atoms with Crippen molar-refractivity contribution in [1.82, 2.24) is 10.2 Å². The summed E-state index contributed by atoms with van der Waals surface area (Å²) in [5, 5.41) is 3.11. The molecule has 4 rings (SSSR count). The molecule has 30 heavy (non-hydrogen) atoms. The SMILES string of the molecule is CC(C(=O)NCCc1ccc2c(c1)OCCO2)N1CCC(Cc2ccccc2)CC1. The van der Waals surface area contributed by atoms with Crippen LogP contribution in [0.1, 0.15) is 30.9 Å². The monoisotopic (exact) mass is 408 g/mol. The van der Waals surface area contributed by atoms with Crippen LogP contribution in [0.25, 0.3) is 0 Å². The van der Waals surface area contributed by atoms with Crippen LogP contribution < -0.4 is 14.8 Å². The van der Waals surface area contributed by atoms with E-state index >= 15 is 0 Å². The Labute approximate surface area is 179 Å². The minimum atomic E-state index is -0.0806. The van der Waals surface area contributed by atoms with Crippen molar-refractivity contribution in [2.24, 2.45) is 5.92 Å². The molecule has 1 amide bonds. The van der Waals surface area contributed by atoms with Gasteiger partial charge in [0.1, 0.15) is 13.2 Å². The molecule has 1 atom stereocenters. The van der Waals surface area contributed by atoms with Crippen molar-refractivity contribution >= 4 is 5.91 Å². The number of amides is 1. The maximum Gasteiger partial charge on any atom is 0.237 e. The number of fused-ring (bicyclic) bond motifs is 1. The summed E-state index contributed by atoms with van der Waals surface area (Å²) in [6.45, 7) is 5.84. The highest BCUT2D eigenvalue weighted by atomic mass is 16.6.